The Balaban J connectivity index is 1.96. The van der Waals surface area contributed by atoms with E-state index in [-0.39, 0.29) is 11.5 Å². The number of aliphatic hydroxyl groups is 1. The minimum Gasteiger partial charge on any atom is -0.497 e. The molecule has 3 aromatic rings. The molecule has 2 aromatic carbocycles. The van der Waals surface area contributed by atoms with E-state index in [0.29, 0.717) is 47.2 Å². The molecule has 5 heteroatoms. The summed E-state index contributed by atoms with van der Waals surface area (Å²) in [7, 11) is 1.58. The molecule has 0 bridgehead atoms. The zero-order valence-corrected chi connectivity index (χ0v) is 13.8. The lowest BCUT2D eigenvalue weighted by atomic mass is 10.1. The van der Waals surface area contributed by atoms with Crippen LogP contribution < -0.4 is 15.5 Å². The van der Waals surface area contributed by atoms with Crippen molar-refractivity contribution >= 4 is 21.9 Å². The van der Waals surface area contributed by atoms with Gasteiger partial charge in [-0.25, -0.2) is 0 Å². The predicted molar refractivity (Wildman–Crippen MR) is 94.5 cm³/mol. The van der Waals surface area contributed by atoms with E-state index >= 15 is 0 Å². The Morgan fingerprint density at radius 3 is 2.75 bits per heavy atom. The first kappa shape index (κ1) is 16.5. The van der Waals surface area contributed by atoms with Crippen LogP contribution in [-0.2, 0) is 6.54 Å². The fraction of sp³-hybridized carbons (Fsp3) is 0.316. The molecule has 3 rings (SSSR count). The SMILES string of the molecule is CCC(O)CNCc1ccc2oc3cc(OC)ccc3c(=O)c2c1. The third kappa shape index (κ3) is 3.27. The summed E-state index contributed by atoms with van der Waals surface area (Å²) in [6.07, 6.45) is 0.360. The first-order chi connectivity index (χ1) is 11.6. The Kier molecular flexibility index (Phi) is 4.83. The largest absolute Gasteiger partial charge is 0.497 e. The second-order valence-corrected chi connectivity index (χ2v) is 5.82. The highest BCUT2D eigenvalue weighted by Crippen LogP contribution is 2.23. The van der Waals surface area contributed by atoms with Crippen LogP contribution in [0.15, 0.2) is 45.6 Å². The lowest BCUT2D eigenvalue weighted by Gasteiger charge is -2.10. The van der Waals surface area contributed by atoms with Crippen LogP contribution in [0, 0.1) is 0 Å². The molecule has 0 radical (unpaired) electrons. The van der Waals surface area contributed by atoms with Crippen molar-refractivity contribution in [2.75, 3.05) is 13.7 Å². The molecule has 0 aliphatic heterocycles. The smallest absolute Gasteiger partial charge is 0.200 e. The topological polar surface area (TPSA) is 71.7 Å². The fourth-order valence-electron chi connectivity index (χ4n) is 2.65. The molecule has 2 N–H and O–H groups in total. The maximum atomic E-state index is 12.7. The lowest BCUT2D eigenvalue weighted by Crippen LogP contribution is -2.25. The summed E-state index contributed by atoms with van der Waals surface area (Å²) in [6, 6.07) is 10.8. The Labute approximate surface area is 139 Å². The Hall–Kier alpha value is -2.37. The quantitative estimate of drug-likeness (QED) is 0.681. The van der Waals surface area contributed by atoms with E-state index < -0.39 is 0 Å². The molecule has 1 heterocycles. The molecule has 0 aliphatic rings. The third-order valence-corrected chi connectivity index (χ3v) is 4.12. The molecule has 0 spiro atoms. The molecule has 0 fully saturated rings. The molecule has 1 atom stereocenters. The number of ether oxygens (including phenoxy) is 1. The van der Waals surface area contributed by atoms with Crippen LogP contribution in [0.3, 0.4) is 0 Å². The first-order valence-electron chi connectivity index (χ1n) is 8.04. The zero-order valence-electron chi connectivity index (χ0n) is 13.8. The van der Waals surface area contributed by atoms with Crippen LogP contribution in [0.5, 0.6) is 5.75 Å². The summed E-state index contributed by atoms with van der Waals surface area (Å²) in [5.41, 5.74) is 2.00. The fourth-order valence-corrected chi connectivity index (χ4v) is 2.65. The molecular weight excluding hydrogens is 306 g/mol. The lowest BCUT2D eigenvalue weighted by molar-refractivity contribution is 0.167. The van der Waals surface area contributed by atoms with Crippen LogP contribution in [0.2, 0.25) is 0 Å². The van der Waals surface area contributed by atoms with Crippen molar-refractivity contribution in [1.82, 2.24) is 5.32 Å². The van der Waals surface area contributed by atoms with Gasteiger partial charge in [-0.15, -0.1) is 0 Å². The molecule has 0 aliphatic carbocycles. The minimum absolute atomic E-state index is 0.0515. The highest BCUT2D eigenvalue weighted by Gasteiger charge is 2.09. The van der Waals surface area contributed by atoms with Gasteiger partial charge in [-0.2, -0.15) is 0 Å². The van der Waals surface area contributed by atoms with Crippen LogP contribution in [-0.4, -0.2) is 24.9 Å². The standard InChI is InChI=1S/C19H21NO4/c1-3-13(21)11-20-10-12-4-7-17-16(8-12)19(22)15-6-5-14(23-2)9-18(15)24-17/h4-9,13,20-21H,3,10-11H2,1-2H3. The maximum Gasteiger partial charge on any atom is 0.200 e. The van der Waals surface area contributed by atoms with E-state index in [1.165, 1.54) is 0 Å². The molecule has 5 nitrogen and oxygen atoms in total. The van der Waals surface area contributed by atoms with Crippen molar-refractivity contribution in [3.63, 3.8) is 0 Å². The van der Waals surface area contributed by atoms with E-state index in [0.717, 1.165) is 5.56 Å². The van der Waals surface area contributed by atoms with Crippen molar-refractivity contribution < 1.29 is 14.3 Å². The normalized spacial score (nSPS) is 12.6. The number of nitrogens with one attached hydrogen (secondary N) is 1. The Morgan fingerprint density at radius 2 is 2.00 bits per heavy atom. The van der Waals surface area contributed by atoms with Gasteiger partial charge in [-0.3, -0.25) is 4.79 Å². The van der Waals surface area contributed by atoms with E-state index in [1.807, 2.05) is 25.1 Å². The van der Waals surface area contributed by atoms with Crippen molar-refractivity contribution in [3.8, 4) is 5.75 Å². The van der Waals surface area contributed by atoms with Crippen molar-refractivity contribution in [2.45, 2.75) is 26.0 Å². The van der Waals surface area contributed by atoms with Crippen LogP contribution in [0.1, 0.15) is 18.9 Å². The van der Waals surface area contributed by atoms with Crippen molar-refractivity contribution in [1.29, 1.82) is 0 Å². The van der Waals surface area contributed by atoms with E-state index in [9.17, 15) is 9.90 Å². The summed E-state index contributed by atoms with van der Waals surface area (Å²) >= 11 is 0. The number of rotatable bonds is 6. The van der Waals surface area contributed by atoms with Gasteiger partial charge in [0.25, 0.3) is 0 Å². The highest BCUT2D eigenvalue weighted by molar-refractivity contribution is 5.90. The number of methoxy groups -OCH3 is 1. The third-order valence-electron chi connectivity index (χ3n) is 4.12. The summed E-state index contributed by atoms with van der Waals surface area (Å²) in [5.74, 6) is 0.653. The van der Waals surface area contributed by atoms with Crippen LogP contribution in [0.25, 0.3) is 21.9 Å². The average Bonchev–Trinajstić information content (AvgIpc) is 2.61. The number of hydrogen-bond acceptors (Lipinski definition) is 5. The predicted octanol–water partition coefficient (Wildman–Crippen LogP) is 2.82. The molecule has 0 amide bonds. The van der Waals surface area contributed by atoms with Gasteiger partial charge in [0.15, 0.2) is 0 Å². The summed E-state index contributed by atoms with van der Waals surface area (Å²) < 4.78 is 11.0. The Bertz CT molecular complexity index is 916. The number of fused-ring (bicyclic) bond motifs is 2. The first-order valence-corrected chi connectivity index (χ1v) is 8.04. The van der Waals surface area contributed by atoms with Crippen molar-refractivity contribution in [2.24, 2.45) is 0 Å². The Morgan fingerprint density at radius 1 is 1.17 bits per heavy atom. The molecule has 1 unspecified atom stereocenters. The van der Waals surface area contributed by atoms with Gasteiger partial charge in [-0.1, -0.05) is 13.0 Å². The number of aliphatic hydroxyl groups excluding tert-OH is 1. The second-order valence-electron chi connectivity index (χ2n) is 5.82. The molecule has 0 saturated carbocycles. The van der Waals surface area contributed by atoms with Gasteiger partial charge in [0.1, 0.15) is 16.9 Å². The van der Waals surface area contributed by atoms with Crippen LogP contribution >= 0.6 is 0 Å². The summed E-state index contributed by atoms with van der Waals surface area (Å²) in [5, 5.41) is 13.9. The average molecular weight is 327 g/mol. The molecule has 24 heavy (non-hydrogen) atoms. The van der Waals surface area contributed by atoms with Gasteiger partial charge in [-0.05, 0) is 36.2 Å². The minimum atomic E-state index is -0.352. The van der Waals surface area contributed by atoms with Crippen molar-refractivity contribution in [3.05, 3.63) is 52.2 Å². The molecule has 126 valence electrons. The summed E-state index contributed by atoms with van der Waals surface area (Å²) in [4.78, 5) is 12.7. The van der Waals surface area contributed by atoms with Gasteiger partial charge in [0.05, 0.1) is 24.0 Å². The molecular formula is C19H21NO4. The molecule has 0 saturated heterocycles. The van der Waals surface area contributed by atoms with Gasteiger partial charge in [0, 0.05) is 19.2 Å². The number of benzene rings is 2. The van der Waals surface area contributed by atoms with E-state index in [4.69, 9.17) is 9.15 Å². The molecule has 1 aromatic heterocycles. The zero-order chi connectivity index (χ0) is 17.1. The maximum absolute atomic E-state index is 12.7. The number of hydrogen-bond donors (Lipinski definition) is 2. The second kappa shape index (κ2) is 7.03. The summed E-state index contributed by atoms with van der Waals surface area (Å²) in [6.45, 7) is 3.06. The van der Waals surface area contributed by atoms with Gasteiger partial charge in [0.2, 0.25) is 5.43 Å². The van der Waals surface area contributed by atoms with E-state index in [2.05, 4.69) is 5.32 Å². The van der Waals surface area contributed by atoms with Gasteiger partial charge >= 0.3 is 0 Å². The van der Waals surface area contributed by atoms with Gasteiger partial charge < -0.3 is 19.6 Å². The monoisotopic (exact) mass is 327 g/mol. The van der Waals surface area contributed by atoms with E-state index in [1.54, 1.807) is 25.3 Å². The van der Waals surface area contributed by atoms with Crippen LogP contribution in [0.4, 0.5) is 0 Å². The highest BCUT2D eigenvalue weighted by atomic mass is 16.5.